The summed E-state index contributed by atoms with van der Waals surface area (Å²) in [6, 6.07) is 1.65. The molecule has 1 rings (SSSR count). The molecule has 33 valence electrons. The van der Waals surface area contributed by atoms with Gasteiger partial charge in [0.15, 0.2) is 0 Å². The zero-order valence-electron chi connectivity index (χ0n) is 3.70. The first kappa shape index (κ1) is 7.18. The number of hydrogen-bond donors (Lipinski definition) is 0. The Morgan fingerprint density at radius 1 is 1.43 bits per heavy atom. The van der Waals surface area contributed by atoms with Crippen molar-refractivity contribution in [1.29, 1.82) is 0 Å². The summed E-state index contributed by atoms with van der Waals surface area (Å²) < 4.78 is 0. The van der Waals surface area contributed by atoms with Crippen molar-refractivity contribution >= 4 is 0 Å². The molecule has 0 saturated heterocycles. The van der Waals surface area contributed by atoms with Crippen LogP contribution >= 0.6 is 0 Å². The number of nitrogens with zero attached hydrogens (tertiary/aromatic N) is 2. The van der Waals surface area contributed by atoms with Crippen molar-refractivity contribution in [2.45, 2.75) is 0 Å². The zero-order valence-corrected chi connectivity index (χ0v) is 6.54. The smallest absolute Gasteiger partial charge is 0 e. The van der Waals surface area contributed by atoms with Gasteiger partial charge in [-0.25, -0.2) is 0 Å². The first-order chi connectivity index (χ1) is 3.00. The van der Waals surface area contributed by atoms with Gasteiger partial charge in [-0.1, -0.05) is 12.4 Å². The van der Waals surface area contributed by atoms with Crippen molar-refractivity contribution in [2.24, 2.45) is 0 Å². The number of rotatable bonds is 0. The number of hydrogen-bond acceptors (Lipinski definition) is 2. The Bertz CT molecular complexity index is 81.6. The third-order valence-electron chi connectivity index (χ3n) is 0.434. The maximum atomic E-state index is 3.64. The Labute approximate surface area is 67.3 Å². The fraction of sp³-hybridized carbons (Fsp3) is 0. The largest absolute Gasteiger partial charge is 0.376 e. The molecular weight excluding hydrogens is 165 g/mol. The molecule has 1 aromatic rings. The second-order valence-corrected chi connectivity index (χ2v) is 0.838. The van der Waals surface area contributed by atoms with Crippen molar-refractivity contribution in [3.63, 3.8) is 0 Å². The molecule has 0 aliphatic rings. The second kappa shape index (κ2) is 4.35. The summed E-state index contributed by atoms with van der Waals surface area (Å²) >= 11 is 0. The van der Waals surface area contributed by atoms with Crippen LogP contribution in [0.4, 0.5) is 0 Å². The van der Waals surface area contributed by atoms with Gasteiger partial charge in [-0.2, -0.15) is 0 Å². The standard InChI is InChI=1S/C4H3N2.Y/c1-2-5-4-6-3-1;/h1-2,4H;/q-1;. The molecule has 0 saturated carbocycles. The van der Waals surface area contributed by atoms with Crippen molar-refractivity contribution in [2.75, 3.05) is 0 Å². The van der Waals surface area contributed by atoms with E-state index >= 15 is 0 Å². The van der Waals surface area contributed by atoms with Crippen molar-refractivity contribution in [3.05, 3.63) is 24.8 Å². The third-order valence-corrected chi connectivity index (χ3v) is 0.434. The molecule has 0 spiro atoms. The molecule has 3 heteroatoms. The van der Waals surface area contributed by atoms with Crippen LogP contribution in [-0.4, -0.2) is 9.97 Å². The molecule has 0 fully saturated rings. The summed E-state index contributed by atoms with van der Waals surface area (Å²) in [6.45, 7) is 0. The van der Waals surface area contributed by atoms with E-state index in [9.17, 15) is 0 Å². The summed E-state index contributed by atoms with van der Waals surface area (Å²) in [5.41, 5.74) is 0. The van der Waals surface area contributed by atoms with Crippen LogP contribution in [0.1, 0.15) is 0 Å². The first-order valence-electron chi connectivity index (χ1n) is 1.62. The van der Waals surface area contributed by atoms with Gasteiger partial charge in [-0.15, -0.1) is 6.07 Å². The molecular formula is C4H3N2Y-. The Kier molecular flexibility index (Phi) is 4.46. The van der Waals surface area contributed by atoms with E-state index in [4.69, 9.17) is 0 Å². The van der Waals surface area contributed by atoms with Crippen LogP contribution in [0.15, 0.2) is 18.6 Å². The molecule has 0 aromatic carbocycles. The minimum atomic E-state index is 0. The average Bonchev–Trinajstić information content (AvgIpc) is 1.72. The Morgan fingerprint density at radius 2 is 2.29 bits per heavy atom. The molecule has 1 radical (unpaired) electrons. The van der Waals surface area contributed by atoms with E-state index in [0.717, 1.165) is 0 Å². The normalized spacial score (nSPS) is 6.86. The van der Waals surface area contributed by atoms with Crippen LogP contribution in [-0.2, 0) is 32.7 Å². The van der Waals surface area contributed by atoms with Gasteiger partial charge < -0.3 is 9.97 Å². The summed E-state index contributed by atoms with van der Waals surface area (Å²) in [7, 11) is 0. The topological polar surface area (TPSA) is 25.8 Å². The van der Waals surface area contributed by atoms with Gasteiger partial charge in [0.2, 0.25) is 0 Å². The SMILES string of the molecule is [Y].[c-]1ccncn1. The van der Waals surface area contributed by atoms with E-state index in [1.54, 1.807) is 12.3 Å². The fourth-order valence-electron chi connectivity index (χ4n) is 0.225. The maximum Gasteiger partial charge on any atom is 0 e. The summed E-state index contributed by atoms with van der Waals surface area (Å²) in [6.07, 6.45) is 5.66. The maximum absolute atomic E-state index is 3.64. The molecule has 1 heterocycles. The molecule has 1 aromatic heterocycles. The van der Waals surface area contributed by atoms with Crippen LogP contribution in [0.5, 0.6) is 0 Å². The Morgan fingerprint density at radius 3 is 2.43 bits per heavy atom. The predicted molar refractivity (Wildman–Crippen MR) is 20.9 cm³/mol. The van der Waals surface area contributed by atoms with Crippen LogP contribution in [0, 0.1) is 6.20 Å². The quantitative estimate of drug-likeness (QED) is 0.519. The van der Waals surface area contributed by atoms with Gasteiger partial charge in [0, 0.05) is 32.7 Å². The first-order valence-corrected chi connectivity index (χ1v) is 1.62. The van der Waals surface area contributed by atoms with E-state index in [1.165, 1.54) is 6.33 Å². The van der Waals surface area contributed by atoms with E-state index in [-0.39, 0.29) is 32.7 Å². The van der Waals surface area contributed by atoms with Crippen molar-refractivity contribution < 1.29 is 32.7 Å². The van der Waals surface area contributed by atoms with Gasteiger partial charge in [0.1, 0.15) is 0 Å². The molecule has 0 aliphatic heterocycles. The predicted octanol–water partition coefficient (Wildman–Crippen LogP) is 0.274. The van der Waals surface area contributed by atoms with Gasteiger partial charge in [-0.3, -0.25) is 0 Å². The number of aromatic nitrogens is 2. The molecule has 7 heavy (non-hydrogen) atoms. The Hall–Kier alpha value is 0.184. The van der Waals surface area contributed by atoms with Gasteiger partial charge in [0.05, 0.1) is 0 Å². The molecule has 0 amide bonds. The molecule has 2 nitrogen and oxygen atoms in total. The third kappa shape index (κ3) is 2.83. The fourth-order valence-corrected chi connectivity index (χ4v) is 0.225. The minimum absolute atomic E-state index is 0. The average molecular weight is 168 g/mol. The molecule has 0 bridgehead atoms. The van der Waals surface area contributed by atoms with E-state index < -0.39 is 0 Å². The second-order valence-electron chi connectivity index (χ2n) is 0.838. The Balaban J connectivity index is 0.000000360. The van der Waals surface area contributed by atoms with E-state index in [2.05, 4.69) is 16.2 Å². The molecule has 0 atom stereocenters. The zero-order chi connectivity index (χ0) is 4.24. The van der Waals surface area contributed by atoms with E-state index in [0.29, 0.717) is 0 Å². The van der Waals surface area contributed by atoms with Crippen molar-refractivity contribution in [1.82, 2.24) is 9.97 Å². The molecule has 0 aliphatic carbocycles. The van der Waals surface area contributed by atoms with Gasteiger partial charge >= 0.3 is 0 Å². The van der Waals surface area contributed by atoms with Gasteiger partial charge in [-0.05, 0) is 6.33 Å². The summed E-state index contributed by atoms with van der Waals surface area (Å²) in [5, 5.41) is 0. The molecule has 0 unspecified atom stereocenters. The molecule has 0 N–H and O–H groups in total. The van der Waals surface area contributed by atoms with Gasteiger partial charge in [0.25, 0.3) is 0 Å². The minimum Gasteiger partial charge on any atom is -0.376 e. The van der Waals surface area contributed by atoms with Crippen LogP contribution in [0.25, 0.3) is 0 Å². The summed E-state index contributed by atoms with van der Waals surface area (Å²) in [4.78, 5) is 7.19. The van der Waals surface area contributed by atoms with E-state index in [1.807, 2.05) is 0 Å². The monoisotopic (exact) mass is 168 g/mol. The summed E-state index contributed by atoms with van der Waals surface area (Å²) in [5.74, 6) is 0. The van der Waals surface area contributed by atoms with Crippen LogP contribution < -0.4 is 0 Å². The van der Waals surface area contributed by atoms with Crippen LogP contribution in [0.2, 0.25) is 0 Å². The van der Waals surface area contributed by atoms with Crippen molar-refractivity contribution in [3.8, 4) is 0 Å². The van der Waals surface area contributed by atoms with Crippen LogP contribution in [0.3, 0.4) is 0 Å².